The largest absolute Gasteiger partial charge is 0.491 e. The molecule has 2 rings (SSSR count). The van der Waals surface area contributed by atoms with E-state index in [9.17, 15) is 0 Å². The van der Waals surface area contributed by atoms with Crippen LogP contribution in [0.25, 0.3) is 0 Å². The Morgan fingerprint density at radius 3 is 2.61 bits per heavy atom. The Morgan fingerprint density at radius 1 is 1.18 bits per heavy atom. The van der Waals surface area contributed by atoms with Crippen molar-refractivity contribution in [3.8, 4) is 5.75 Å². The molecular formula is C23H34BrN3O. The van der Waals surface area contributed by atoms with Gasteiger partial charge in [0.15, 0.2) is 0 Å². The van der Waals surface area contributed by atoms with Crippen molar-refractivity contribution >= 4 is 21.7 Å². The molecule has 0 fully saturated rings. The maximum Gasteiger partial charge on any atom is 0.144 e. The van der Waals surface area contributed by atoms with Gasteiger partial charge in [0, 0.05) is 0 Å². The minimum Gasteiger partial charge on any atom is -0.491 e. The van der Waals surface area contributed by atoms with Gasteiger partial charge in [-0.1, -0.05) is 39.8 Å². The second kappa shape index (κ2) is 10.2. The fourth-order valence-electron chi connectivity index (χ4n) is 3.50. The number of nitrogens with zero attached hydrogens (tertiary/aromatic N) is 2. The van der Waals surface area contributed by atoms with Gasteiger partial charge in [-0.05, 0) is 77.6 Å². The molecule has 1 atom stereocenters. The summed E-state index contributed by atoms with van der Waals surface area (Å²) in [5, 5.41) is 3.28. The fraction of sp³-hybridized carbons (Fsp3) is 0.565. The zero-order valence-corrected chi connectivity index (χ0v) is 19.7. The molecule has 1 heterocycles. The van der Waals surface area contributed by atoms with E-state index in [-0.39, 0.29) is 0 Å². The van der Waals surface area contributed by atoms with Gasteiger partial charge in [-0.25, -0.2) is 9.97 Å². The predicted molar refractivity (Wildman–Crippen MR) is 121 cm³/mol. The minimum atomic E-state index is 0.404. The summed E-state index contributed by atoms with van der Waals surface area (Å²) < 4.78 is 6.85. The molecule has 1 unspecified atom stereocenters. The zero-order valence-electron chi connectivity index (χ0n) is 18.1. The van der Waals surface area contributed by atoms with Gasteiger partial charge in [0.05, 0.1) is 16.7 Å². The highest BCUT2D eigenvalue weighted by atomic mass is 79.9. The van der Waals surface area contributed by atoms with Crippen LogP contribution in [-0.4, -0.2) is 23.1 Å². The number of benzene rings is 1. The van der Waals surface area contributed by atoms with E-state index in [1.165, 1.54) is 24.0 Å². The van der Waals surface area contributed by atoms with Crippen molar-refractivity contribution in [2.75, 3.05) is 18.5 Å². The molecule has 0 bridgehead atoms. The maximum atomic E-state index is 5.95. The van der Waals surface area contributed by atoms with E-state index >= 15 is 0 Å². The van der Waals surface area contributed by atoms with Crippen molar-refractivity contribution in [2.24, 2.45) is 11.3 Å². The van der Waals surface area contributed by atoms with Crippen LogP contribution in [-0.2, 0) is 6.42 Å². The lowest BCUT2D eigenvalue weighted by molar-refractivity contribution is 0.297. The number of hydrogen-bond acceptors (Lipinski definition) is 4. The Kier molecular flexibility index (Phi) is 8.29. The van der Waals surface area contributed by atoms with Gasteiger partial charge in [0.1, 0.15) is 24.5 Å². The number of aryl methyl sites for hydroxylation is 3. The summed E-state index contributed by atoms with van der Waals surface area (Å²) in [5.74, 6) is 2.49. The molecule has 0 spiro atoms. The lowest BCUT2D eigenvalue weighted by Gasteiger charge is -2.23. The summed E-state index contributed by atoms with van der Waals surface area (Å²) in [7, 11) is 0. The van der Waals surface area contributed by atoms with Crippen LogP contribution in [0.5, 0.6) is 5.75 Å². The van der Waals surface area contributed by atoms with Crippen molar-refractivity contribution in [3.63, 3.8) is 0 Å². The van der Waals surface area contributed by atoms with Crippen molar-refractivity contribution in [1.29, 1.82) is 0 Å². The van der Waals surface area contributed by atoms with E-state index in [2.05, 4.69) is 84.0 Å². The molecule has 0 saturated carbocycles. The Labute approximate surface area is 178 Å². The van der Waals surface area contributed by atoms with E-state index in [0.717, 1.165) is 34.1 Å². The number of hydrogen-bond donors (Lipinski definition) is 1. The molecule has 154 valence electrons. The van der Waals surface area contributed by atoms with Gasteiger partial charge in [0.25, 0.3) is 0 Å². The second-order valence-corrected chi connectivity index (χ2v) is 9.70. The molecule has 1 aromatic heterocycles. The third kappa shape index (κ3) is 7.42. The molecule has 0 aliphatic rings. The Morgan fingerprint density at radius 2 is 1.93 bits per heavy atom. The van der Waals surface area contributed by atoms with Crippen molar-refractivity contribution in [1.82, 2.24) is 9.97 Å². The van der Waals surface area contributed by atoms with Gasteiger partial charge in [-0.3, -0.25) is 0 Å². The molecule has 2 aromatic rings. The summed E-state index contributed by atoms with van der Waals surface area (Å²) in [5.41, 5.74) is 3.91. The van der Waals surface area contributed by atoms with Crippen LogP contribution in [0.1, 0.15) is 57.4 Å². The van der Waals surface area contributed by atoms with Crippen LogP contribution in [0.3, 0.4) is 0 Å². The smallest absolute Gasteiger partial charge is 0.144 e. The first-order valence-electron chi connectivity index (χ1n) is 10.1. The van der Waals surface area contributed by atoms with E-state index in [1.807, 2.05) is 6.92 Å². The highest BCUT2D eigenvalue weighted by Gasteiger charge is 2.15. The van der Waals surface area contributed by atoms with Crippen molar-refractivity contribution in [3.05, 3.63) is 45.8 Å². The zero-order chi connectivity index (χ0) is 20.7. The Bertz CT molecular complexity index is 771. The van der Waals surface area contributed by atoms with E-state index in [0.29, 0.717) is 18.6 Å². The van der Waals surface area contributed by atoms with Crippen LogP contribution in [0.15, 0.2) is 29.0 Å². The van der Waals surface area contributed by atoms with Crippen molar-refractivity contribution < 1.29 is 4.74 Å². The SMILES string of the molecule is Cc1cc(CCC(C)CC(C)(C)C)ccc1OCCNc1ncnc(C)c1Br. The van der Waals surface area contributed by atoms with Crippen LogP contribution in [0.4, 0.5) is 5.82 Å². The molecule has 4 nitrogen and oxygen atoms in total. The fourth-order valence-corrected chi connectivity index (χ4v) is 3.85. The third-order valence-corrected chi connectivity index (χ3v) is 5.69. The van der Waals surface area contributed by atoms with Gasteiger partial charge >= 0.3 is 0 Å². The van der Waals surface area contributed by atoms with Crippen LogP contribution in [0, 0.1) is 25.2 Å². The molecule has 1 aromatic carbocycles. The van der Waals surface area contributed by atoms with E-state index < -0.39 is 0 Å². The molecule has 0 aliphatic carbocycles. The molecule has 1 N–H and O–H groups in total. The first-order valence-corrected chi connectivity index (χ1v) is 10.9. The summed E-state index contributed by atoms with van der Waals surface area (Å²) in [4.78, 5) is 8.39. The number of nitrogens with one attached hydrogen (secondary N) is 1. The average Bonchev–Trinajstić information content (AvgIpc) is 2.60. The van der Waals surface area contributed by atoms with Gasteiger partial charge < -0.3 is 10.1 Å². The number of rotatable bonds is 9. The predicted octanol–water partition coefficient (Wildman–Crippen LogP) is 6.35. The first kappa shape index (κ1) is 22.7. The Hall–Kier alpha value is -1.62. The maximum absolute atomic E-state index is 5.95. The quantitative estimate of drug-likeness (QED) is 0.454. The number of ether oxygens (including phenoxy) is 1. The number of halogens is 1. The summed E-state index contributed by atoms with van der Waals surface area (Å²) >= 11 is 3.51. The van der Waals surface area contributed by atoms with Gasteiger partial charge in [-0.2, -0.15) is 0 Å². The molecule has 0 amide bonds. The summed E-state index contributed by atoms with van der Waals surface area (Å²) in [6.45, 7) is 14.6. The normalized spacial score (nSPS) is 12.7. The Balaban J connectivity index is 1.79. The monoisotopic (exact) mass is 447 g/mol. The van der Waals surface area contributed by atoms with E-state index in [4.69, 9.17) is 4.74 Å². The molecule has 0 aliphatic heterocycles. The molecule has 28 heavy (non-hydrogen) atoms. The lowest BCUT2D eigenvalue weighted by atomic mass is 9.83. The molecule has 5 heteroatoms. The highest BCUT2D eigenvalue weighted by Crippen LogP contribution is 2.28. The first-order chi connectivity index (χ1) is 13.2. The second-order valence-electron chi connectivity index (χ2n) is 8.91. The summed E-state index contributed by atoms with van der Waals surface area (Å²) in [6, 6.07) is 6.56. The number of aromatic nitrogens is 2. The van der Waals surface area contributed by atoms with Gasteiger partial charge in [-0.15, -0.1) is 0 Å². The van der Waals surface area contributed by atoms with Gasteiger partial charge in [0.2, 0.25) is 0 Å². The van der Waals surface area contributed by atoms with E-state index in [1.54, 1.807) is 6.33 Å². The standard InChI is InChI=1S/C23H34BrN3O/c1-16(14-23(4,5)6)7-8-19-9-10-20(17(2)13-19)28-12-11-25-22-21(24)18(3)26-15-27-22/h9-10,13,15-16H,7-8,11-12,14H2,1-6H3,(H,25,26,27). The van der Waals surface area contributed by atoms with Crippen LogP contribution < -0.4 is 10.1 Å². The third-order valence-electron chi connectivity index (χ3n) is 4.74. The minimum absolute atomic E-state index is 0.404. The lowest BCUT2D eigenvalue weighted by Crippen LogP contribution is -2.13. The highest BCUT2D eigenvalue weighted by molar-refractivity contribution is 9.10. The molecular weight excluding hydrogens is 414 g/mol. The number of anilines is 1. The van der Waals surface area contributed by atoms with Crippen LogP contribution in [0.2, 0.25) is 0 Å². The van der Waals surface area contributed by atoms with Crippen molar-refractivity contribution in [2.45, 2.75) is 60.8 Å². The molecule has 0 saturated heterocycles. The average molecular weight is 448 g/mol. The summed E-state index contributed by atoms with van der Waals surface area (Å²) in [6.07, 6.45) is 5.19. The topological polar surface area (TPSA) is 47.0 Å². The molecule has 0 radical (unpaired) electrons. The van der Waals surface area contributed by atoms with Crippen LogP contribution >= 0.6 is 15.9 Å².